The lowest BCUT2D eigenvalue weighted by atomic mass is 10.1. The van der Waals surface area contributed by atoms with Gasteiger partial charge in [0.25, 0.3) is 5.91 Å². The van der Waals surface area contributed by atoms with E-state index in [0.29, 0.717) is 28.4 Å². The molecule has 2 heterocycles. The van der Waals surface area contributed by atoms with Crippen molar-refractivity contribution in [3.63, 3.8) is 0 Å². The van der Waals surface area contributed by atoms with Gasteiger partial charge in [-0.05, 0) is 25.1 Å². The normalized spacial score (nSPS) is 10.6. The van der Waals surface area contributed by atoms with Crippen LogP contribution in [0, 0.1) is 0 Å². The minimum atomic E-state index is -0.560. The van der Waals surface area contributed by atoms with Gasteiger partial charge in [-0.2, -0.15) is 0 Å². The number of methoxy groups -OCH3 is 1. The fourth-order valence-electron chi connectivity index (χ4n) is 2.51. The number of nitrogens with one attached hydrogen (secondary N) is 1. The average Bonchev–Trinajstić information content (AvgIpc) is 3.08. The Morgan fingerprint density at radius 3 is 2.81 bits per heavy atom. The molecule has 0 atom stereocenters. The summed E-state index contributed by atoms with van der Waals surface area (Å²) in [6.45, 7) is 2.26. The van der Waals surface area contributed by atoms with Crippen LogP contribution in [-0.4, -0.2) is 35.6 Å². The molecule has 2 aromatic heterocycles. The van der Waals surface area contributed by atoms with Gasteiger partial charge in [0.15, 0.2) is 0 Å². The van der Waals surface area contributed by atoms with Gasteiger partial charge in [-0.1, -0.05) is 11.6 Å². The standard InChI is InChI=1S/C18H16ClN3O5/c1-3-26-17-14(8-20-9-22-17)16(23)21-7-12-5-10-4-11(19)6-13(15(10)27-12)18(24)25-2/h4-6,8-9H,3,7H2,1-2H3,(H,21,23). The number of hydrogen-bond acceptors (Lipinski definition) is 7. The number of furan rings is 1. The molecule has 1 aromatic carbocycles. The summed E-state index contributed by atoms with van der Waals surface area (Å²) in [4.78, 5) is 32.1. The Bertz CT molecular complexity index is 1000. The molecule has 1 N–H and O–H groups in total. The first kappa shape index (κ1) is 18.7. The third-order valence-electron chi connectivity index (χ3n) is 3.66. The van der Waals surface area contributed by atoms with E-state index in [4.69, 9.17) is 25.5 Å². The average molecular weight is 390 g/mol. The highest BCUT2D eigenvalue weighted by molar-refractivity contribution is 6.32. The van der Waals surface area contributed by atoms with Crippen LogP contribution < -0.4 is 10.1 Å². The molecule has 0 saturated carbocycles. The molecule has 0 fully saturated rings. The zero-order valence-electron chi connectivity index (χ0n) is 14.6. The summed E-state index contributed by atoms with van der Waals surface area (Å²) in [6.07, 6.45) is 2.68. The van der Waals surface area contributed by atoms with E-state index in [9.17, 15) is 9.59 Å². The first-order chi connectivity index (χ1) is 13.0. The van der Waals surface area contributed by atoms with E-state index < -0.39 is 11.9 Å². The van der Waals surface area contributed by atoms with Crippen molar-refractivity contribution in [2.75, 3.05) is 13.7 Å². The Balaban J connectivity index is 1.82. The quantitative estimate of drug-likeness (QED) is 0.646. The number of aromatic nitrogens is 2. The Labute approximate surface area is 159 Å². The van der Waals surface area contributed by atoms with Crippen LogP contribution in [0.1, 0.15) is 33.4 Å². The molecule has 27 heavy (non-hydrogen) atoms. The third-order valence-corrected chi connectivity index (χ3v) is 3.88. The van der Waals surface area contributed by atoms with Gasteiger partial charge in [0.2, 0.25) is 5.88 Å². The van der Waals surface area contributed by atoms with Gasteiger partial charge in [0.05, 0.1) is 20.3 Å². The number of ether oxygens (including phenoxy) is 2. The van der Waals surface area contributed by atoms with Crippen LogP contribution in [-0.2, 0) is 11.3 Å². The van der Waals surface area contributed by atoms with Gasteiger partial charge < -0.3 is 19.2 Å². The Hall–Kier alpha value is -3.13. The molecular weight excluding hydrogens is 374 g/mol. The molecule has 0 radical (unpaired) electrons. The second kappa shape index (κ2) is 8.05. The zero-order valence-corrected chi connectivity index (χ0v) is 15.4. The molecule has 0 bridgehead atoms. The molecule has 140 valence electrons. The first-order valence-electron chi connectivity index (χ1n) is 8.04. The van der Waals surface area contributed by atoms with Crippen molar-refractivity contribution in [3.05, 3.63) is 52.6 Å². The molecule has 1 amide bonds. The maximum Gasteiger partial charge on any atom is 0.341 e. The molecule has 9 heteroatoms. The molecule has 8 nitrogen and oxygen atoms in total. The number of benzene rings is 1. The van der Waals surface area contributed by atoms with Crippen molar-refractivity contribution in [1.82, 2.24) is 15.3 Å². The number of hydrogen-bond donors (Lipinski definition) is 1. The number of esters is 1. The number of rotatable bonds is 6. The lowest BCUT2D eigenvalue weighted by Gasteiger charge is -2.07. The van der Waals surface area contributed by atoms with Gasteiger partial charge in [-0.25, -0.2) is 14.8 Å². The van der Waals surface area contributed by atoms with Crippen LogP contribution in [0.15, 0.2) is 35.1 Å². The van der Waals surface area contributed by atoms with Gasteiger partial charge in [-0.3, -0.25) is 4.79 Å². The van der Waals surface area contributed by atoms with E-state index >= 15 is 0 Å². The monoisotopic (exact) mass is 389 g/mol. The van der Waals surface area contributed by atoms with Crippen molar-refractivity contribution in [1.29, 1.82) is 0 Å². The molecule has 3 rings (SSSR count). The summed E-state index contributed by atoms with van der Waals surface area (Å²) >= 11 is 6.04. The summed E-state index contributed by atoms with van der Waals surface area (Å²) < 4.78 is 15.8. The smallest absolute Gasteiger partial charge is 0.341 e. The summed E-state index contributed by atoms with van der Waals surface area (Å²) in [6, 6.07) is 4.83. The van der Waals surface area contributed by atoms with E-state index in [1.807, 2.05) is 0 Å². The number of amides is 1. The Kier molecular flexibility index (Phi) is 5.56. The fraction of sp³-hybridized carbons (Fsp3) is 0.222. The van der Waals surface area contributed by atoms with Crippen molar-refractivity contribution >= 4 is 34.4 Å². The minimum Gasteiger partial charge on any atom is -0.477 e. The SMILES string of the molecule is CCOc1ncncc1C(=O)NCc1cc2cc(Cl)cc(C(=O)OC)c2o1. The van der Waals surface area contributed by atoms with E-state index in [-0.39, 0.29) is 23.6 Å². The largest absolute Gasteiger partial charge is 0.477 e. The maximum absolute atomic E-state index is 12.4. The number of fused-ring (bicyclic) bond motifs is 1. The summed E-state index contributed by atoms with van der Waals surface area (Å²) in [5.41, 5.74) is 0.773. The van der Waals surface area contributed by atoms with E-state index in [1.165, 1.54) is 25.7 Å². The molecule has 0 saturated heterocycles. The molecule has 0 aliphatic heterocycles. The number of nitrogens with zero attached hydrogens (tertiary/aromatic N) is 2. The summed E-state index contributed by atoms with van der Waals surface area (Å²) in [5.74, 6) is -0.323. The zero-order chi connectivity index (χ0) is 19.4. The molecule has 0 aliphatic rings. The summed E-state index contributed by atoms with van der Waals surface area (Å²) in [7, 11) is 1.27. The van der Waals surface area contributed by atoms with Gasteiger partial charge in [0.1, 0.15) is 28.8 Å². The number of halogens is 1. The molecule has 0 spiro atoms. The van der Waals surface area contributed by atoms with Crippen LogP contribution in [0.2, 0.25) is 5.02 Å². The molecule has 3 aromatic rings. The number of carbonyl (C=O) groups is 2. The van der Waals surface area contributed by atoms with Crippen LogP contribution in [0.4, 0.5) is 0 Å². The van der Waals surface area contributed by atoms with Crippen LogP contribution >= 0.6 is 11.6 Å². The van der Waals surface area contributed by atoms with Gasteiger partial charge in [0, 0.05) is 16.6 Å². The predicted octanol–water partition coefficient (Wildman–Crippen LogP) is 2.99. The van der Waals surface area contributed by atoms with Gasteiger partial charge >= 0.3 is 5.97 Å². The Morgan fingerprint density at radius 2 is 2.07 bits per heavy atom. The highest BCUT2D eigenvalue weighted by Gasteiger charge is 2.18. The fourth-order valence-corrected chi connectivity index (χ4v) is 2.73. The minimum absolute atomic E-state index is 0.0895. The molecule has 0 unspecified atom stereocenters. The third kappa shape index (κ3) is 4.01. The van der Waals surface area contributed by atoms with Crippen molar-refractivity contribution < 1.29 is 23.5 Å². The highest BCUT2D eigenvalue weighted by Crippen LogP contribution is 2.28. The second-order valence-electron chi connectivity index (χ2n) is 5.43. The first-order valence-corrected chi connectivity index (χ1v) is 8.42. The van der Waals surface area contributed by atoms with E-state index in [0.717, 1.165) is 0 Å². The summed E-state index contributed by atoms with van der Waals surface area (Å²) in [5, 5.41) is 3.72. The van der Waals surface area contributed by atoms with Crippen LogP contribution in [0.5, 0.6) is 5.88 Å². The highest BCUT2D eigenvalue weighted by atomic mass is 35.5. The van der Waals surface area contributed by atoms with Gasteiger partial charge in [-0.15, -0.1) is 0 Å². The van der Waals surface area contributed by atoms with E-state index in [2.05, 4.69) is 15.3 Å². The Morgan fingerprint density at radius 1 is 1.26 bits per heavy atom. The van der Waals surface area contributed by atoms with Crippen molar-refractivity contribution in [2.45, 2.75) is 13.5 Å². The van der Waals surface area contributed by atoms with Crippen molar-refractivity contribution in [3.8, 4) is 5.88 Å². The molecule has 0 aliphatic carbocycles. The number of carbonyl (C=O) groups excluding carboxylic acids is 2. The lowest BCUT2D eigenvalue weighted by Crippen LogP contribution is -2.23. The van der Waals surface area contributed by atoms with Crippen LogP contribution in [0.25, 0.3) is 11.0 Å². The van der Waals surface area contributed by atoms with Crippen LogP contribution in [0.3, 0.4) is 0 Å². The second-order valence-corrected chi connectivity index (χ2v) is 5.87. The predicted molar refractivity (Wildman–Crippen MR) is 96.9 cm³/mol. The van der Waals surface area contributed by atoms with E-state index in [1.54, 1.807) is 19.1 Å². The maximum atomic E-state index is 12.4. The lowest BCUT2D eigenvalue weighted by molar-refractivity contribution is 0.0601. The van der Waals surface area contributed by atoms with Crippen molar-refractivity contribution in [2.24, 2.45) is 0 Å². The topological polar surface area (TPSA) is 104 Å². The molecular formula is C18H16ClN3O5.